The molecule has 0 spiro atoms. The SMILES string of the molecule is CCC(C)S(=O)(=O)O.OCCCCCO. The largest absolute Gasteiger partial charge is 0.396 e. The first-order chi connectivity index (χ1) is 6.90. The summed E-state index contributed by atoms with van der Waals surface area (Å²) in [7, 11) is -3.75. The Morgan fingerprint density at radius 3 is 1.60 bits per heavy atom. The molecule has 0 rings (SSSR count). The van der Waals surface area contributed by atoms with E-state index in [0.717, 1.165) is 19.3 Å². The number of aliphatic hydroxyl groups excluding tert-OH is 2. The van der Waals surface area contributed by atoms with Gasteiger partial charge in [0.25, 0.3) is 10.1 Å². The lowest BCUT2D eigenvalue weighted by molar-refractivity contribution is 0.257. The van der Waals surface area contributed by atoms with E-state index >= 15 is 0 Å². The highest BCUT2D eigenvalue weighted by Gasteiger charge is 2.13. The van der Waals surface area contributed by atoms with Crippen LogP contribution in [0.2, 0.25) is 0 Å². The van der Waals surface area contributed by atoms with Gasteiger partial charge in [0.15, 0.2) is 0 Å². The van der Waals surface area contributed by atoms with Crippen LogP contribution in [0.5, 0.6) is 0 Å². The molecule has 94 valence electrons. The summed E-state index contributed by atoms with van der Waals surface area (Å²) in [4.78, 5) is 0. The molecule has 5 nitrogen and oxygen atoms in total. The lowest BCUT2D eigenvalue weighted by atomic mass is 10.2. The van der Waals surface area contributed by atoms with E-state index in [9.17, 15) is 8.42 Å². The second-order valence-electron chi connectivity index (χ2n) is 3.24. The molecule has 0 radical (unpaired) electrons. The van der Waals surface area contributed by atoms with Crippen LogP contribution in [0.3, 0.4) is 0 Å². The Morgan fingerprint density at radius 1 is 1.07 bits per heavy atom. The van der Waals surface area contributed by atoms with Crippen LogP contribution in [-0.4, -0.2) is 41.6 Å². The van der Waals surface area contributed by atoms with Crippen molar-refractivity contribution in [1.29, 1.82) is 0 Å². The number of unbranched alkanes of at least 4 members (excludes halogenated alkanes) is 2. The summed E-state index contributed by atoms with van der Waals surface area (Å²) in [5.41, 5.74) is 0. The van der Waals surface area contributed by atoms with Gasteiger partial charge >= 0.3 is 0 Å². The Hall–Kier alpha value is -0.170. The van der Waals surface area contributed by atoms with Crippen LogP contribution in [0.1, 0.15) is 39.5 Å². The van der Waals surface area contributed by atoms with Crippen molar-refractivity contribution >= 4 is 10.1 Å². The van der Waals surface area contributed by atoms with Crippen LogP contribution < -0.4 is 0 Å². The molecule has 3 N–H and O–H groups in total. The molecule has 0 saturated heterocycles. The quantitative estimate of drug-likeness (QED) is 0.473. The highest BCUT2D eigenvalue weighted by molar-refractivity contribution is 7.86. The van der Waals surface area contributed by atoms with Gasteiger partial charge in [-0.1, -0.05) is 6.92 Å². The van der Waals surface area contributed by atoms with Crippen molar-refractivity contribution in [1.82, 2.24) is 0 Å². The molecule has 0 aromatic heterocycles. The van der Waals surface area contributed by atoms with E-state index in [1.807, 2.05) is 0 Å². The molecule has 15 heavy (non-hydrogen) atoms. The Kier molecular flexibility index (Phi) is 11.9. The topological polar surface area (TPSA) is 94.8 Å². The van der Waals surface area contributed by atoms with Crippen LogP contribution in [0.15, 0.2) is 0 Å². The lowest BCUT2D eigenvalue weighted by Gasteiger charge is -2.00. The Bertz CT molecular complexity index is 209. The normalized spacial score (nSPS) is 12.9. The minimum atomic E-state index is -3.75. The third-order valence-corrected chi connectivity index (χ3v) is 3.25. The summed E-state index contributed by atoms with van der Waals surface area (Å²) >= 11 is 0. The Balaban J connectivity index is 0. The van der Waals surface area contributed by atoms with Crippen molar-refractivity contribution in [3.8, 4) is 0 Å². The van der Waals surface area contributed by atoms with Crippen LogP contribution in [0, 0.1) is 0 Å². The van der Waals surface area contributed by atoms with Gasteiger partial charge in [-0.3, -0.25) is 4.55 Å². The summed E-state index contributed by atoms with van der Waals surface area (Å²) in [6.07, 6.45) is 3.03. The zero-order valence-corrected chi connectivity index (χ0v) is 10.2. The number of hydrogen-bond donors (Lipinski definition) is 3. The molecule has 0 fully saturated rings. The molecular formula is C9H22O5S. The molecule has 1 atom stereocenters. The van der Waals surface area contributed by atoms with Gasteiger partial charge in [-0.05, 0) is 32.6 Å². The van der Waals surface area contributed by atoms with Crippen LogP contribution in [-0.2, 0) is 10.1 Å². The predicted molar refractivity (Wildman–Crippen MR) is 59.3 cm³/mol. The number of rotatable bonds is 6. The van der Waals surface area contributed by atoms with Crippen molar-refractivity contribution in [2.45, 2.75) is 44.8 Å². The van der Waals surface area contributed by atoms with E-state index in [-0.39, 0.29) is 13.2 Å². The van der Waals surface area contributed by atoms with Gasteiger partial charge in [0.2, 0.25) is 0 Å². The molecule has 0 saturated carbocycles. The van der Waals surface area contributed by atoms with Gasteiger partial charge in [0.05, 0.1) is 5.25 Å². The molecule has 1 unspecified atom stereocenters. The van der Waals surface area contributed by atoms with Gasteiger partial charge in [-0.2, -0.15) is 8.42 Å². The third-order valence-electron chi connectivity index (χ3n) is 1.90. The summed E-state index contributed by atoms with van der Waals surface area (Å²) < 4.78 is 28.5. The monoisotopic (exact) mass is 242 g/mol. The zero-order chi connectivity index (χ0) is 12.3. The summed E-state index contributed by atoms with van der Waals surface area (Å²) in [5, 5.41) is 15.8. The highest BCUT2D eigenvalue weighted by atomic mass is 32.2. The first-order valence-electron chi connectivity index (χ1n) is 5.08. The van der Waals surface area contributed by atoms with Crippen LogP contribution >= 0.6 is 0 Å². The third kappa shape index (κ3) is 13.8. The van der Waals surface area contributed by atoms with E-state index in [1.54, 1.807) is 6.92 Å². The smallest absolute Gasteiger partial charge is 0.267 e. The maximum Gasteiger partial charge on any atom is 0.267 e. The fourth-order valence-electron chi connectivity index (χ4n) is 0.611. The molecule has 0 aliphatic carbocycles. The van der Waals surface area contributed by atoms with E-state index in [2.05, 4.69) is 0 Å². The van der Waals surface area contributed by atoms with Gasteiger partial charge < -0.3 is 10.2 Å². The van der Waals surface area contributed by atoms with Crippen molar-refractivity contribution < 1.29 is 23.2 Å². The number of hydrogen-bond acceptors (Lipinski definition) is 4. The van der Waals surface area contributed by atoms with Gasteiger partial charge in [0, 0.05) is 13.2 Å². The molecular weight excluding hydrogens is 220 g/mol. The average Bonchev–Trinajstić information content (AvgIpc) is 2.17. The molecule has 0 amide bonds. The maximum absolute atomic E-state index is 10.1. The van der Waals surface area contributed by atoms with Gasteiger partial charge in [0.1, 0.15) is 0 Å². The fourth-order valence-corrected chi connectivity index (χ4v) is 1.03. The first-order valence-corrected chi connectivity index (χ1v) is 6.58. The maximum atomic E-state index is 10.1. The van der Waals surface area contributed by atoms with Crippen molar-refractivity contribution in [2.24, 2.45) is 0 Å². The molecule has 0 heterocycles. The van der Waals surface area contributed by atoms with E-state index < -0.39 is 15.4 Å². The number of aliphatic hydroxyl groups is 2. The van der Waals surface area contributed by atoms with E-state index in [0.29, 0.717) is 6.42 Å². The van der Waals surface area contributed by atoms with E-state index in [1.165, 1.54) is 6.92 Å². The molecule has 0 aliphatic rings. The van der Waals surface area contributed by atoms with Gasteiger partial charge in [-0.15, -0.1) is 0 Å². The summed E-state index contributed by atoms with van der Waals surface area (Å²) in [6.45, 7) is 3.67. The molecule has 0 aromatic carbocycles. The second kappa shape index (κ2) is 10.4. The Labute approximate surface area is 91.9 Å². The summed E-state index contributed by atoms with van der Waals surface area (Å²) in [6, 6.07) is 0. The molecule has 0 aromatic rings. The zero-order valence-electron chi connectivity index (χ0n) is 9.39. The highest BCUT2D eigenvalue weighted by Crippen LogP contribution is 1.99. The van der Waals surface area contributed by atoms with Crippen LogP contribution in [0.4, 0.5) is 0 Å². The van der Waals surface area contributed by atoms with Crippen molar-refractivity contribution in [3.05, 3.63) is 0 Å². The first kappa shape index (κ1) is 17.2. The second-order valence-corrected chi connectivity index (χ2v) is 5.08. The molecule has 0 aliphatic heterocycles. The summed E-state index contributed by atoms with van der Waals surface area (Å²) in [5.74, 6) is 0. The predicted octanol–water partition coefficient (Wildman–Crippen LogP) is 0.814. The molecule has 0 bridgehead atoms. The van der Waals surface area contributed by atoms with Crippen LogP contribution in [0.25, 0.3) is 0 Å². The van der Waals surface area contributed by atoms with Crippen molar-refractivity contribution in [2.75, 3.05) is 13.2 Å². The van der Waals surface area contributed by atoms with E-state index in [4.69, 9.17) is 14.8 Å². The fraction of sp³-hybridized carbons (Fsp3) is 1.00. The Morgan fingerprint density at radius 2 is 1.47 bits per heavy atom. The van der Waals surface area contributed by atoms with Gasteiger partial charge in [-0.25, -0.2) is 0 Å². The minimum absolute atomic E-state index is 0.250. The lowest BCUT2D eigenvalue weighted by Crippen LogP contribution is -2.14. The molecule has 6 heteroatoms. The minimum Gasteiger partial charge on any atom is -0.396 e. The average molecular weight is 242 g/mol. The van der Waals surface area contributed by atoms with Crippen molar-refractivity contribution in [3.63, 3.8) is 0 Å². The standard InChI is InChI=1S/C5H12O2.C4H10O3S/c6-4-2-1-3-5-7;1-3-4(2)8(5,6)7/h6-7H,1-5H2;4H,3H2,1-2H3,(H,5,6,7).